The van der Waals surface area contributed by atoms with Gasteiger partial charge in [-0.2, -0.15) is 0 Å². The maximum atomic E-state index is 2.46. The number of allylic oxidation sites excluding steroid dienone is 6. The molecule has 2 aliphatic rings. The van der Waals surface area contributed by atoms with Crippen LogP contribution in [0.5, 0.6) is 0 Å². The van der Waals surface area contributed by atoms with Gasteiger partial charge in [-0.25, -0.2) is 0 Å². The number of hydrogen-bond donors (Lipinski definition) is 0. The quantitative estimate of drug-likeness (QED) is 0.537. The zero-order chi connectivity index (χ0) is 9.10. The van der Waals surface area contributed by atoms with Gasteiger partial charge in [-0.15, -0.1) is 0 Å². The van der Waals surface area contributed by atoms with Gasteiger partial charge in [-0.1, -0.05) is 33.1 Å². The molecule has 0 unspecified atom stereocenters. The maximum Gasteiger partial charge on any atom is -0.0239 e. The van der Waals surface area contributed by atoms with Gasteiger partial charge in [0.05, 0.1) is 0 Å². The molecule has 0 aromatic rings. The van der Waals surface area contributed by atoms with Crippen molar-refractivity contribution in [1.82, 2.24) is 0 Å². The Labute approximate surface area is 95.8 Å². The highest BCUT2D eigenvalue weighted by Crippen LogP contribution is 2.31. The molecule has 0 amide bonds. The molecular weight excluding hydrogens is 180 g/mol. The van der Waals surface area contributed by atoms with E-state index in [1.165, 1.54) is 44.1 Å². The van der Waals surface area contributed by atoms with Crippen LogP contribution in [0.1, 0.15) is 60.3 Å². The van der Waals surface area contributed by atoms with Crippen molar-refractivity contribution in [1.29, 1.82) is 0 Å². The minimum absolute atomic E-state index is 0. The van der Waals surface area contributed by atoms with Crippen LogP contribution in [0.3, 0.4) is 0 Å². The minimum atomic E-state index is 0. The minimum Gasteiger partial charge on any atom is -0.0839 e. The smallest absolute Gasteiger partial charge is 0.0239 e. The molecule has 2 rings (SSSR count). The van der Waals surface area contributed by atoms with Crippen LogP contribution in [0.15, 0.2) is 34.9 Å². The second-order valence-corrected chi connectivity index (χ2v) is 4.08. The lowest BCUT2D eigenvalue weighted by molar-refractivity contribution is 0.697. The van der Waals surface area contributed by atoms with Gasteiger partial charge in [0.2, 0.25) is 0 Å². The van der Waals surface area contributed by atoms with Crippen molar-refractivity contribution in [3.8, 4) is 0 Å². The van der Waals surface area contributed by atoms with E-state index in [9.17, 15) is 0 Å². The van der Waals surface area contributed by atoms with Gasteiger partial charge in [-0.05, 0) is 62.2 Å². The molecule has 0 heterocycles. The van der Waals surface area contributed by atoms with Gasteiger partial charge >= 0.3 is 0 Å². The second-order valence-electron chi connectivity index (χ2n) is 4.08. The fourth-order valence-corrected chi connectivity index (χ4v) is 2.31. The fraction of sp³-hybridized carbons (Fsp3) is 0.600. The Kier molecular flexibility index (Phi) is 6.31. The summed E-state index contributed by atoms with van der Waals surface area (Å²) in [4.78, 5) is 0. The summed E-state index contributed by atoms with van der Waals surface area (Å²) in [6.45, 7) is 2.25. The Morgan fingerprint density at radius 1 is 1.00 bits per heavy atom. The van der Waals surface area contributed by atoms with Crippen molar-refractivity contribution >= 4 is 0 Å². The predicted octanol–water partition coefficient (Wildman–Crippen LogP) is 5.43. The molecule has 0 atom stereocenters. The van der Waals surface area contributed by atoms with Crippen LogP contribution in [-0.4, -0.2) is 0 Å². The number of rotatable bonds is 1. The Balaban J connectivity index is 0.000000980. The summed E-state index contributed by atoms with van der Waals surface area (Å²) in [5.41, 5.74) is 4.79. The molecule has 2 aliphatic carbocycles. The van der Waals surface area contributed by atoms with E-state index >= 15 is 0 Å². The summed E-state index contributed by atoms with van der Waals surface area (Å²) < 4.78 is 0. The van der Waals surface area contributed by atoms with E-state index in [1.807, 2.05) is 0 Å². The van der Waals surface area contributed by atoms with Crippen LogP contribution in [0, 0.1) is 0 Å². The van der Waals surface area contributed by atoms with E-state index in [0.717, 1.165) is 0 Å². The lowest BCUT2D eigenvalue weighted by atomic mass is 9.86. The zero-order valence-electron chi connectivity index (χ0n) is 8.47. The molecule has 0 radical (unpaired) electrons. The first kappa shape index (κ1) is 14.2. The maximum absolute atomic E-state index is 2.46. The van der Waals surface area contributed by atoms with E-state index in [-0.39, 0.29) is 14.9 Å². The lowest BCUT2D eigenvalue weighted by Crippen LogP contribution is -2.00. The second kappa shape index (κ2) is 6.66. The van der Waals surface area contributed by atoms with Gasteiger partial charge in [0.1, 0.15) is 0 Å². The van der Waals surface area contributed by atoms with Crippen LogP contribution >= 0.6 is 0 Å². The first-order valence-corrected chi connectivity index (χ1v) is 5.43. The van der Waals surface area contributed by atoms with Crippen LogP contribution in [0.2, 0.25) is 0 Å². The van der Waals surface area contributed by atoms with Crippen LogP contribution in [0.25, 0.3) is 0 Å². The van der Waals surface area contributed by atoms with Gasteiger partial charge in [0, 0.05) is 0 Å². The van der Waals surface area contributed by atoms with Crippen molar-refractivity contribution in [3.05, 3.63) is 34.9 Å². The third-order valence-corrected chi connectivity index (χ3v) is 3.08. The average molecular weight is 206 g/mol. The summed E-state index contributed by atoms with van der Waals surface area (Å²) in [6.07, 6.45) is 15.0. The van der Waals surface area contributed by atoms with Crippen LogP contribution < -0.4 is 0 Å². The third-order valence-electron chi connectivity index (χ3n) is 3.08. The van der Waals surface area contributed by atoms with E-state index < -0.39 is 0 Å². The van der Waals surface area contributed by atoms with Gasteiger partial charge in [-0.3, -0.25) is 0 Å². The molecule has 0 spiro atoms. The van der Waals surface area contributed by atoms with Crippen molar-refractivity contribution in [2.24, 2.45) is 0 Å². The molecule has 0 aromatic heterocycles. The fourth-order valence-electron chi connectivity index (χ4n) is 2.31. The number of hydrogen-bond acceptors (Lipinski definition) is 0. The first-order valence-electron chi connectivity index (χ1n) is 5.43. The topological polar surface area (TPSA) is 0 Å². The monoisotopic (exact) mass is 206 g/mol. The van der Waals surface area contributed by atoms with Crippen molar-refractivity contribution < 1.29 is 0 Å². The molecule has 15 heavy (non-hydrogen) atoms. The molecule has 0 fully saturated rings. The van der Waals surface area contributed by atoms with E-state index in [1.54, 1.807) is 11.1 Å². The molecule has 0 saturated heterocycles. The molecular formula is C15H26. The van der Waals surface area contributed by atoms with E-state index in [2.05, 4.69) is 25.2 Å². The van der Waals surface area contributed by atoms with Crippen molar-refractivity contribution in [2.75, 3.05) is 0 Å². The predicted molar refractivity (Wildman–Crippen MR) is 71.1 cm³/mol. The Hall–Kier alpha value is -0.780. The van der Waals surface area contributed by atoms with Gasteiger partial charge in [0.25, 0.3) is 0 Å². The summed E-state index contributed by atoms with van der Waals surface area (Å²) in [7, 11) is 0. The average Bonchev–Trinajstić information content (AvgIpc) is 2.20. The summed E-state index contributed by atoms with van der Waals surface area (Å²) in [5.74, 6) is 0. The Bertz CT molecular complexity index is 276. The normalized spacial score (nSPS) is 20.2. The highest BCUT2D eigenvalue weighted by molar-refractivity contribution is 5.41. The van der Waals surface area contributed by atoms with Gasteiger partial charge in [0.15, 0.2) is 0 Å². The van der Waals surface area contributed by atoms with Gasteiger partial charge < -0.3 is 0 Å². The van der Waals surface area contributed by atoms with Crippen molar-refractivity contribution in [3.63, 3.8) is 0 Å². The molecule has 0 saturated carbocycles. The molecule has 0 heteroatoms. The highest BCUT2D eigenvalue weighted by Gasteiger charge is 2.11. The van der Waals surface area contributed by atoms with Crippen molar-refractivity contribution in [2.45, 2.75) is 60.3 Å². The summed E-state index contributed by atoms with van der Waals surface area (Å²) in [6, 6.07) is 0. The first-order chi connectivity index (χ1) is 6.38. The zero-order valence-corrected chi connectivity index (χ0v) is 8.47. The third kappa shape index (κ3) is 3.37. The Morgan fingerprint density at radius 3 is 2.40 bits per heavy atom. The van der Waals surface area contributed by atoms with Crippen LogP contribution in [-0.2, 0) is 0 Å². The van der Waals surface area contributed by atoms with E-state index in [4.69, 9.17) is 0 Å². The standard InChI is InChI=1S/C13H18.2CH4/c1-11-7-5-6-10-13(11)12-8-3-2-4-9-12;;/h5,7-8H,2-4,6,9-10H2,1H3;2*1H4. The summed E-state index contributed by atoms with van der Waals surface area (Å²) >= 11 is 0. The molecule has 0 aliphatic heterocycles. The summed E-state index contributed by atoms with van der Waals surface area (Å²) in [5, 5.41) is 0. The Morgan fingerprint density at radius 2 is 1.80 bits per heavy atom. The molecule has 86 valence electrons. The highest BCUT2D eigenvalue weighted by atomic mass is 14.2. The lowest BCUT2D eigenvalue weighted by Gasteiger charge is -2.19. The molecule has 0 bridgehead atoms. The largest absolute Gasteiger partial charge is 0.0839 e. The SMILES string of the molecule is C.C.CC1=C(C2=CCCCC2)CCC=C1. The molecule has 0 N–H and O–H groups in total. The molecule has 0 aromatic carbocycles. The van der Waals surface area contributed by atoms with Crippen LogP contribution in [0.4, 0.5) is 0 Å². The molecule has 0 nitrogen and oxygen atoms in total. The van der Waals surface area contributed by atoms with E-state index in [0.29, 0.717) is 0 Å².